The Morgan fingerprint density at radius 1 is 1.28 bits per heavy atom. The maximum absolute atomic E-state index is 11.4. The third-order valence-electron chi connectivity index (χ3n) is 3.42. The second-order valence-electron chi connectivity index (χ2n) is 4.90. The van der Waals surface area contributed by atoms with Crippen molar-refractivity contribution in [1.82, 2.24) is 9.80 Å². The quantitative estimate of drug-likeness (QED) is 0.617. The van der Waals surface area contributed by atoms with Crippen molar-refractivity contribution in [3.05, 3.63) is 0 Å². The zero-order chi connectivity index (χ0) is 13.0. The van der Waals surface area contributed by atoms with E-state index in [2.05, 4.69) is 16.8 Å². The molecule has 0 bridgehead atoms. The lowest BCUT2D eigenvalue weighted by Gasteiger charge is -2.36. The first-order valence-electron chi connectivity index (χ1n) is 6.41. The van der Waals surface area contributed by atoms with Gasteiger partial charge in [-0.25, -0.2) is 4.79 Å². The number of hydrogen-bond donors (Lipinski definition) is 0. The lowest BCUT2D eigenvalue weighted by atomic mass is 10.2. The summed E-state index contributed by atoms with van der Waals surface area (Å²) in [5, 5.41) is 0. The fraction of sp³-hybridized carbons (Fsp3) is 0.917. The first-order valence-corrected chi connectivity index (χ1v) is 6.41. The molecule has 2 fully saturated rings. The van der Waals surface area contributed by atoms with Crippen LogP contribution in [0, 0.1) is 0 Å². The van der Waals surface area contributed by atoms with Crippen LogP contribution in [0.3, 0.4) is 0 Å². The van der Waals surface area contributed by atoms with E-state index in [9.17, 15) is 4.79 Å². The van der Waals surface area contributed by atoms with Crippen molar-refractivity contribution in [2.45, 2.75) is 12.2 Å². The standard InChI is InChI=1S/C12H22N2O4/c1-13-3-5-17-10(7-13)8-14-4-6-18-11(9-14)12(15)16-2/h10-11H,3-9H2,1-2H3. The Morgan fingerprint density at radius 3 is 2.78 bits per heavy atom. The van der Waals surface area contributed by atoms with Gasteiger partial charge < -0.3 is 19.1 Å². The fourth-order valence-electron chi connectivity index (χ4n) is 2.41. The van der Waals surface area contributed by atoms with E-state index in [4.69, 9.17) is 14.2 Å². The Hall–Kier alpha value is -0.690. The Labute approximate surface area is 108 Å². The summed E-state index contributed by atoms with van der Waals surface area (Å²) in [6.45, 7) is 5.58. The molecule has 2 unspecified atom stereocenters. The maximum Gasteiger partial charge on any atom is 0.336 e. The Balaban J connectivity index is 1.80. The molecule has 0 aromatic carbocycles. The van der Waals surface area contributed by atoms with Gasteiger partial charge in [-0.2, -0.15) is 0 Å². The first-order chi connectivity index (χ1) is 8.69. The van der Waals surface area contributed by atoms with Crippen LogP contribution < -0.4 is 0 Å². The molecular formula is C12H22N2O4. The van der Waals surface area contributed by atoms with Crippen LogP contribution in [0.5, 0.6) is 0 Å². The zero-order valence-corrected chi connectivity index (χ0v) is 11.1. The number of hydrogen-bond acceptors (Lipinski definition) is 6. The number of morpholine rings is 2. The molecule has 0 N–H and O–H groups in total. The third kappa shape index (κ3) is 3.65. The van der Waals surface area contributed by atoms with E-state index in [0.717, 1.165) is 32.8 Å². The molecule has 0 aliphatic carbocycles. The van der Waals surface area contributed by atoms with E-state index >= 15 is 0 Å². The van der Waals surface area contributed by atoms with Crippen molar-refractivity contribution in [2.75, 3.05) is 60.1 Å². The van der Waals surface area contributed by atoms with Crippen LogP contribution in [0.25, 0.3) is 0 Å². The van der Waals surface area contributed by atoms with Gasteiger partial charge in [0.05, 0.1) is 26.4 Å². The molecular weight excluding hydrogens is 236 g/mol. The van der Waals surface area contributed by atoms with E-state index in [1.165, 1.54) is 7.11 Å². The molecule has 6 heteroatoms. The summed E-state index contributed by atoms with van der Waals surface area (Å²) < 4.78 is 15.9. The summed E-state index contributed by atoms with van der Waals surface area (Å²) in [5.74, 6) is -0.290. The minimum absolute atomic E-state index is 0.222. The molecule has 0 spiro atoms. The van der Waals surface area contributed by atoms with Crippen molar-refractivity contribution in [3.63, 3.8) is 0 Å². The lowest BCUT2D eigenvalue weighted by molar-refractivity contribution is -0.161. The van der Waals surface area contributed by atoms with Crippen LogP contribution in [0.15, 0.2) is 0 Å². The van der Waals surface area contributed by atoms with Gasteiger partial charge in [0.25, 0.3) is 0 Å². The summed E-state index contributed by atoms with van der Waals surface area (Å²) in [7, 11) is 3.50. The average molecular weight is 258 g/mol. The predicted octanol–water partition coefficient (Wildman–Crippen LogP) is -0.809. The summed E-state index contributed by atoms with van der Waals surface area (Å²) in [6, 6.07) is 0. The van der Waals surface area contributed by atoms with Crippen LogP contribution >= 0.6 is 0 Å². The van der Waals surface area contributed by atoms with Crippen molar-refractivity contribution in [3.8, 4) is 0 Å². The SMILES string of the molecule is COC(=O)C1CN(CC2CN(C)CCO2)CCO1. The van der Waals surface area contributed by atoms with Gasteiger partial charge in [-0.1, -0.05) is 0 Å². The molecule has 0 amide bonds. The number of esters is 1. The topological polar surface area (TPSA) is 51.2 Å². The van der Waals surface area contributed by atoms with Crippen molar-refractivity contribution in [2.24, 2.45) is 0 Å². The number of ether oxygens (including phenoxy) is 3. The van der Waals surface area contributed by atoms with E-state index < -0.39 is 6.10 Å². The van der Waals surface area contributed by atoms with Gasteiger partial charge in [-0.15, -0.1) is 0 Å². The van der Waals surface area contributed by atoms with Crippen LogP contribution in [0.1, 0.15) is 0 Å². The monoisotopic (exact) mass is 258 g/mol. The van der Waals surface area contributed by atoms with Crippen LogP contribution in [-0.4, -0.2) is 88.1 Å². The van der Waals surface area contributed by atoms with Gasteiger partial charge in [0, 0.05) is 32.7 Å². The largest absolute Gasteiger partial charge is 0.467 e. The normalized spacial score (nSPS) is 31.2. The minimum atomic E-state index is -0.454. The summed E-state index contributed by atoms with van der Waals surface area (Å²) in [5.41, 5.74) is 0. The third-order valence-corrected chi connectivity index (χ3v) is 3.42. The predicted molar refractivity (Wildman–Crippen MR) is 65.4 cm³/mol. The molecule has 0 saturated carbocycles. The van der Waals surface area contributed by atoms with Gasteiger partial charge in [-0.05, 0) is 7.05 Å². The minimum Gasteiger partial charge on any atom is -0.467 e. The van der Waals surface area contributed by atoms with Crippen LogP contribution in [-0.2, 0) is 19.0 Å². The number of rotatable bonds is 3. The van der Waals surface area contributed by atoms with E-state index in [1.54, 1.807) is 0 Å². The molecule has 2 rings (SSSR count). The number of nitrogens with zero attached hydrogens (tertiary/aromatic N) is 2. The molecule has 2 aliphatic heterocycles. The Kier molecular flexibility index (Phi) is 4.94. The highest BCUT2D eigenvalue weighted by Crippen LogP contribution is 2.10. The first kappa shape index (κ1) is 13.7. The second-order valence-corrected chi connectivity index (χ2v) is 4.90. The Morgan fingerprint density at radius 2 is 2.06 bits per heavy atom. The molecule has 18 heavy (non-hydrogen) atoms. The summed E-state index contributed by atoms with van der Waals surface area (Å²) in [4.78, 5) is 15.9. The molecule has 0 aromatic rings. The molecule has 2 atom stereocenters. The van der Waals surface area contributed by atoms with Gasteiger partial charge in [0.1, 0.15) is 0 Å². The number of methoxy groups -OCH3 is 1. The van der Waals surface area contributed by atoms with Crippen LogP contribution in [0.2, 0.25) is 0 Å². The van der Waals surface area contributed by atoms with Gasteiger partial charge in [0.2, 0.25) is 0 Å². The highest BCUT2D eigenvalue weighted by atomic mass is 16.6. The highest BCUT2D eigenvalue weighted by molar-refractivity contribution is 5.74. The summed E-state index contributed by atoms with van der Waals surface area (Å²) in [6.07, 6.45) is -0.231. The summed E-state index contributed by atoms with van der Waals surface area (Å²) >= 11 is 0. The fourth-order valence-corrected chi connectivity index (χ4v) is 2.41. The van der Waals surface area contributed by atoms with Gasteiger partial charge in [-0.3, -0.25) is 4.90 Å². The van der Waals surface area contributed by atoms with E-state index in [0.29, 0.717) is 13.2 Å². The molecule has 0 radical (unpaired) electrons. The van der Waals surface area contributed by atoms with Gasteiger partial charge >= 0.3 is 5.97 Å². The van der Waals surface area contributed by atoms with Gasteiger partial charge in [0.15, 0.2) is 6.10 Å². The molecule has 2 heterocycles. The molecule has 2 aliphatic rings. The van der Waals surface area contributed by atoms with Crippen molar-refractivity contribution in [1.29, 1.82) is 0 Å². The highest BCUT2D eigenvalue weighted by Gasteiger charge is 2.29. The molecule has 6 nitrogen and oxygen atoms in total. The average Bonchev–Trinajstić information content (AvgIpc) is 2.38. The molecule has 104 valence electrons. The molecule has 0 aromatic heterocycles. The van der Waals surface area contributed by atoms with E-state index in [-0.39, 0.29) is 12.1 Å². The number of carbonyl (C=O) groups is 1. The lowest BCUT2D eigenvalue weighted by Crippen LogP contribution is -2.52. The number of likely N-dealkylation sites (N-methyl/N-ethyl adjacent to an activating group) is 1. The van der Waals surface area contributed by atoms with Crippen molar-refractivity contribution < 1.29 is 19.0 Å². The Bertz CT molecular complexity index is 287. The van der Waals surface area contributed by atoms with Crippen LogP contribution in [0.4, 0.5) is 0 Å². The smallest absolute Gasteiger partial charge is 0.336 e. The second kappa shape index (κ2) is 6.47. The molecule has 2 saturated heterocycles. The van der Waals surface area contributed by atoms with Crippen molar-refractivity contribution >= 4 is 5.97 Å². The zero-order valence-electron chi connectivity index (χ0n) is 11.1. The number of carbonyl (C=O) groups excluding carboxylic acids is 1. The maximum atomic E-state index is 11.4. The van der Waals surface area contributed by atoms with E-state index in [1.807, 2.05) is 0 Å².